The number of nitrogens with one attached hydrogen (secondary N) is 3. The lowest BCUT2D eigenvalue weighted by atomic mass is 10.1. The fourth-order valence-electron chi connectivity index (χ4n) is 3.57. The lowest BCUT2D eigenvalue weighted by Gasteiger charge is -2.14. The minimum atomic E-state index is -3.38. The lowest BCUT2D eigenvalue weighted by Crippen LogP contribution is -2.26. The summed E-state index contributed by atoms with van der Waals surface area (Å²) < 4.78 is 44.3. The van der Waals surface area contributed by atoms with Gasteiger partial charge in [0.2, 0.25) is 10.0 Å². The fourth-order valence-corrected chi connectivity index (χ4v) is 4.13. The number of aliphatic hydroxyl groups is 1. The highest BCUT2D eigenvalue weighted by Crippen LogP contribution is 2.28. The Hall–Kier alpha value is -3.14. The van der Waals surface area contributed by atoms with Crippen LogP contribution in [0.5, 0.6) is 5.75 Å². The predicted octanol–water partition coefficient (Wildman–Crippen LogP) is 3.53. The lowest BCUT2D eigenvalue weighted by molar-refractivity contribution is 0.172. The Balaban J connectivity index is 1.28. The molecule has 0 aliphatic rings. The summed E-state index contributed by atoms with van der Waals surface area (Å²) in [5.74, 6) is 0.401. The summed E-state index contributed by atoms with van der Waals surface area (Å²) in [6.07, 6.45) is 0.285. The number of ether oxygens (including phenoxy) is 1. The molecule has 0 bridgehead atoms. The average Bonchev–Trinajstić information content (AvgIpc) is 3.08. The number of aromatic amines is 1. The summed E-state index contributed by atoms with van der Waals surface area (Å²) in [7, 11) is -3.38. The van der Waals surface area contributed by atoms with Crippen LogP contribution in [-0.4, -0.2) is 44.5 Å². The minimum absolute atomic E-state index is 0.285. The van der Waals surface area contributed by atoms with Gasteiger partial charge in [-0.2, -0.15) is 0 Å². The molecule has 0 radical (unpaired) electrons. The Morgan fingerprint density at radius 2 is 1.81 bits per heavy atom. The number of hydrogen-bond acceptors (Lipinski definition) is 5. The number of anilines is 1. The Bertz CT molecular complexity index is 1350. The zero-order valence-electron chi connectivity index (χ0n) is 17.4. The number of halogens is 1. The van der Waals surface area contributed by atoms with Crippen LogP contribution in [0, 0.1) is 5.82 Å². The molecule has 1 heterocycles. The van der Waals surface area contributed by atoms with E-state index >= 15 is 0 Å². The van der Waals surface area contributed by atoms with E-state index < -0.39 is 16.1 Å². The summed E-state index contributed by atoms with van der Waals surface area (Å²) in [5.41, 5.74) is 2.62. The van der Waals surface area contributed by atoms with Gasteiger partial charge in [-0.1, -0.05) is 12.1 Å². The van der Waals surface area contributed by atoms with Gasteiger partial charge in [-0.15, -0.1) is 0 Å². The Labute approximate surface area is 185 Å². The first-order valence-corrected chi connectivity index (χ1v) is 12.0. The van der Waals surface area contributed by atoms with Gasteiger partial charge in [0.15, 0.2) is 0 Å². The Morgan fingerprint density at radius 3 is 2.59 bits per heavy atom. The van der Waals surface area contributed by atoms with Gasteiger partial charge in [0, 0.05) is 41.1 Å². The molecule has 9 heteroatoms. The van der Waals surface area contributed by atoms with E-state index in [-0.39, 0.29) is 12.4 Å². The van der Waals surface area contributed by atoms with Gasteiger partial charge in [-0.3, -0.25) is 4.72 Å². The number of fused-ring (bicyclic) bond motifs is 3. The van der Waals surface area contributed by atoms with E-state index in [0.717, 1.165) is 28.1 Å². The van der Waals surface area contributed by atoms with Gasteiger partial charge in [-0.25, -0.2) is 12.8 Å². The first-order chi connectivity index (χ1) is 15.3. The smallest absolute Gasteiger partial charge is 0.229 e. The molecule has 1 aromatic heterocycles. The van der Waals surface area contributed by atoms with Crippen molar-refractivity contribution in [1.82, 2.24) is 10.3 Å². The van der Waals surface area contributed by atoms with Crippen molar-refractivity contribution in [3.8, 4) is 5.75 Å². The molecule has 4 N–H and O–H groups in total. The maximum atomic E-state index is 13.4. The van der Waals surface area contributed by atoms with E-state index in [9.17, 15) is 17.9 Å². The molecular formula is C23H24FN3O4S. The fraction of sp³-hybridized carbons (Fsp3) is 0.217. The number of hydrogen-bond donors (Lipinski definition) is 4. The van der Waals surface area contributed by atoms with Gasteiger partial charge in [-0.05, 0) is 48.0 Å². The molecule has 4 rings (SSSR count). The van der Waals surface area contributed by atoms with Crippen LogP contribution in [0.25, 0.3) is 21.8 Å². The predicted molar refractivity (Wildman–Crippen MR) is 124 cm³/mol. The summed E-state index contributed by atoms with van der Waals surface area (Å²) in [6, 6.07) is 17.0. The molecule has 32 heavy (non-hydrogen) atoms. The van der Waals surface area contributed by atoms with Crippen LogP contribution in [-0.2, 0) is 10.0 Å². The zero-order chi connectivity index (χ0) is 22.7. The number of rotatable bonds is 9. The van der Waals surface area contributed by atoms with Crippen molar-refractivity contribution in [3.05, 3.63) is 72.0 Å². The van der Waals surface area contributed by atoms with Crippen LogP contribution in [0.1, 0.15) is 11.7 Å². The summed E-state index contributed by atoms with van der Waals surface area (Å²) >= 11 is 0. The molecule has 0 aliphatic carbocycles. The molecule has 0 amide bonds. The maximum Gasteiger partial charge on any atom is 0.229 e. The molecule has 0 saturated heterocycles. The highest BCUT2D eigenvalue weighted by Gasteiger charge is 2.10. The SMILES string of the molecule is CS(=O)(=O)Nc1cccc([C@@H](O)CNCCOc2ccc3c(c2)[nH]c2cc(F)ccc23)c1. The molecule has 0 fully saturated rings. The van der Waals surface area contributed by atoms with Crippen molar-refractivity contribution in [2.24, 2.45) is 0 Å². The summed E-state index contributed by atoms with van der Waals surface area (Å²) in [5, 5.41) is 15.4. The topological polar surface area (TPSA) is 103 Å². The van der Waals surface area contributed by atoms with E-state index in [4.69, 9.17) is 4.74 Å². The molecule has 1 atom stereocenters. The molecule has 7 nitrogen and oxygen atoms in total. The van der Waals surface area contributed by atoms with E-state index in [1.54, 1.807) is 30.3 Å². The van der Waals surface area contributed by atoms with E-state index in [2.05, 4.69) is 15.0 Å². The summed E-state index contributed by atoms with van der Waals surface area (Å²) in [4.78, 5) is 3.20. The molecular weight excluding hydrogens is 433 g/mol. The zero-order valence-corrected chi connectivity index (χ0v) is 18.2. The number of benzene rings is 3. The van der Waals surface area contributed by atoms with Crippen molar-refractivity contribution < 1.29 is 22.7 Å². The third-order valence-corrected chi connectivity index (χ3v) is 5.60. The molecule has 0 spiro atoms. The van der Waals surface area contributed by atoms with Crippen LogP contribution >= 0.6 is 0 Å². The van der Waals surface area contributed by atoms with Crippen molar-refractivity contribution in [2.75, 3.05) is 30.7 Å². The van der Waals surface area contributed by atoms with E-state index in [1.807, 2.05) is 18.2 Å². The second-order valence-electron chi connectivity index (χ2n) is 7.59. The molecule has 0 aliphatic heterocycles. The van der Waals surface area contributed by atoms with Gasteiger partial charge < -0.3 is 20.1 Å². The van der Waals surface area contributed by atoms with Crippen molar-refractivity contribution >= 4 is 37.5 Å². The quantitative estimate of drug-likeness (QED) is 0.288. The monoisotopic (exact) mass is 457 g/mol. The van der Waals surface area contributed by atoms with Crippen molar-refractivity contribution in [3.63, 3.8) is 0 Å². The molecule has 168 valence electrons. The standard InChI is InChI=1S/C23H24FN3O4S/c1-32(29,30)27-17-4-2-3-15(11-17)23(28)14-25-9-10-31-18-6-8-20-19-7-5-16(24)12-21(19)26-22(20)13-18/h2-8,11-13,23,25-28H,9-10,14H2,1H3/t23-/m0/s1. The number of H-pyrrole nitrogens is 1. The normalized spacial score (nSPS) is 12.8. The average molecular weight is 458 g/mol. The first-order valence-electron chi connectivity index (χ1n) is 10.1. The highest BCUT2D eigenvalue weighted by atomic mass is 32.2. The second kappa shape index (κ2) is 9.15. The third kappa shape index (κ3) is 5.37. The largest absolute Gasteiger partial charge is 0.492 e. The minimum Gasteiger partial charge on any atom is -0.492 e. The number of aromatic nitrogens is 1. The Kier molecular flexibility index (Phi) is 6.31. The van der Waals surface area contributed by atoms with E-state index in [0.29, 0.717) is 30.2 Å². The van der Waals surface area contributed by atoms with E-state index in [1.165, 1.54) is 12.1 Å². The van der Waals surface area contributed by atoms with Crippen molar-refractivity contribution in [1.29, 1.82) is 0 Å². The molecule has 4 aromatic rings. The van der Waals surface area contributed by atoms with Crippen LogP contribution < -0.4 is 14.8 Å². The van der Waals surface area contributed by atoms with Gasteiger partial charge in [0.1, 0.15) is 18.2 Å². The third-order valence-electron chi connectivity index (χ3n) is 4.99. The van der Waals surface area contributed by atoms with Crippen LogP contribution in [0.3, 0.4) is 0 Å². The van der Waals surface area contributed by atoms with Crippen LogP contribution in [0.2, 0.25) is 0 Å². The number of aliphatic hydroxyl groups excluding tert-OH is 1. The number of sulfonamides is 1. The highest BCUT2D eigenvalue weighted by molar-refractivity contribution is 7.92. The summed E-state index contributed by atoms with van der Waals surface area (Å²) in [6.45, 7) is 1.19. The maximum absolute atomic E-state index is 13.4. The van der Waals surface area contributed by atoms with Crippen LogP contribution in [0.15, 0.2) is 60.7 Å². The molecule has 0 unspecified atom stereocenters. The Morgan fingerprint density at radius 1 is 1.06 bits per heavy atom. The van der Waals surface area contributed by atoms with Crippen molar-refractivity contribution in [2.45, 2.75) is 6.10 Å². The van der Waals surface area contributed by atoms with Gasteiger partial charge in [0.25, 0.3) is 0 Å². The molecule has 0 saturated carbocycles. The second-order valence-corrected chi connectivity index (χ2v) is 9.34. The van der Waals surface area contributed by atoms with Gasteiger partial charge in [0.05, 0.1) is 17.9 Å². The molecule has 3 aromatic carbocycles. The first kappa shape index (κ1) is 22.1. The van der Waals surface area contributed by atoms with Gasteiger partial charge >= 0.3 is 0 Å². The van der Waals surface area contributed by atoms with Crippen LogP contribution in [0.4, 0.5) is 10.1 Å².